The monoisotopic (exact) mass is 283 g/mol. The zero-order valence-corrected chi connectivity index (χ0v) is 13.4. The maximum Gasteiger partial charge on any atom is 0.0656 e. The summed E-state index contributed by atoms with van der Waals surface area (Å²) in [5, 5.41) is 4.21. The zero-order chi connectivity index (χ0) is 14.6. The molecule has 19 heavy (non-hydrogen) atoms. The van der Waals surface area contributed by atoms with E-state index in [1.807, 2.05) is 12.1 Å². The van der Waals surface area contributed by atoms with Crippen LogP contribution in [0.1, 0.15) is 25.8 Å². The fraction of sp³-hybridized carbons (Fsp3) is 0.600. The molecular formula is C15H26ClN3. The van der Waals surface area contributed by atoms with E-state index < -0.39 is 0 Å². The number of aryl methyl sites for hydroxylation is 1. The number of rotatable bonds is 6. The molecule has 3 N–H and O–H groups in total. The SMILES string of the molecule is Cc1cc(N)c(Cl)cc1NC(CC(C)C)CN(C)C. The van der Waals surface area contributed by atoms with Gasteiger partial charge in [-0.05, 0) is 51.1 Å². The van der Waals surface area contributed by atoms with Crippen molar-refractivity contribution in [3.8, 4) is 0 Å². The number of benzene rings is 1. The normalized spacial score (nSPS) is 13.1. The van der Waals surface area contributed by atoms with Gasteiger partial charge in [-0.3, -0.25) is 0 Å². The fourth-order valence-corrected chi connectivity index (χ4v) is 2.43. The Morgan fingerprint density at radius 3 is 2.47 bits per heavy atom. The standard InChI is InChI=1S/C15H26ClN3/c1-10(2)6-12(9-19(4)5)18-15-8-13(16)14(17)7-11(15)3/h7-8,10,12,18H,6,9,17H2,1-5H3. The van der Waals surface area contributed by atoms with Gasteiger partial charge in [0.1, 0.15) is 0 Å². The first-order chi connectivity index (χ1) is 8.79. The van der Waals surface area contributed by atoms with Crippen LogP contribution in [0.2, 0.25) is 5.02 Å². The third-order valence-electron chi connectivity index (χ3n) is 3.04. The van der Waals surface area contributed by atoms with E-state index >= 15 is 0 Å². The van der Waals surface area contributed by atoms with Crippen molar-refractivity contribution in [2.24, 2.45) is 5.92 Å². The number of nitrogen functional groups attached to an aromatic ring is 1. The molecule has 0 saturated heterocycles. The van der Waals surface area contributed by atoms with Crippen molar-refractivity contribution in [2.75, 3.05) is 31.7 Å². The van der Waals surface area contributed by atoms with Crippen molar-refractivity contribution < 1.29 is 0 Å². The summed E-state index contributed by atoms with van der Waals surface area (Å²) in [6, 6.07) is 4.26. The Hall–Kier alpha value is -0.930. The van der Waals surface area contributed by atoms with Crippen molar-refractivity contribution in [1.82, 2.24) is 4.90 Å². The maximum atomic E-state index is 6.11. The fourth-order valence-electron chi connectivity index (χ4n) is 2.27. The lowest BCUT2D eigenvalue weighted by atomic mass is 10.0. The highest BCUT2D eigenvalue weighted by Crippen LogP contribution is 2.27. The third-order valence-corrected chi connectivity index (χ3v) is 3.37. The Balaban J connectivity index is 2.86. The Bertz CT molecular complexity index is 406. The molecule has 0 radical (unpaired) electrons. The minimum absolute atomic E-state index is 0.411. The second-order valence-electron chi connectivity index (χ2n) is 5.92. The maximum absolute atomic E-state index is 6.11. The molecule has 0 saturated carbocycles. The van der Waals surface area contributed by atoms with E-state index in [1.165, 1.54) is 0 Å². The minimum atomic E-state index is 0.411. The summed E-state index contributed by atoms with van der Waals surface area (Å²) in [4.78, 5) is 2.20. The molecule has 1 rings (SSSR count). The van der Waals surface area contributed by atoms with Crippen molar-refractivity contribution in [2.45, 2.75) is 33.2 Å². The molecule has 0 aliphatic carbocycles. The first-order valence-electron chi connectivity index (χ1n) is 6.76. The molecule has 0 heterocycles. The van der Waals surface area contributed by atoms with Crippen LogP contribution in [0, 0.1) is 12.8 Å². The molecule has 0 amide bonds. The zero-order valence-electron chi connectivity index (χ0n) is 12.6. The highest BCUT2D eigenvalue weighted by molar-refractivity contribution is 6.33. The number of hydrogen-bond donors (Lipinski definition) is 2. The number of nitrogens with one attached hydrogen (secondary N) is 1. The van der Waals surface area contributed by atoms with Gasteiger partial charge in [0.05, 0.1) is 10.7 Å². The van der Waals surface area contributed by atoms with Crippen molar-refractivity contribution in [3.63, 3.8) is 0 Å². The van der Waals surface area contributed by atoms with E-state index in [0.717, 1.165) is 24.2 Å². The molecule has 0 aliphatic heterocycles. The summed E-state index contributed by atoms with van der Waals surface area (Å²) in [6.45, 7) is 7.54. The van der Waals surface area contributed by atoms with E-state index in [0.29, 0.717) is 22.7 Å². The summed E-state index contributed by atoms with van der Waals surface area (Å²) < 4.78 is 0. The van der Waals surface area contributed by atoms with Gasteiger partial charge in [-0.15, -0.1) is 0 Å². The van der Waals surface area contributed by atoms with E-state index in [4.69, 9.17) is 17.3 Å². The van der Waals surface area contributed by atoms with Gasteiger partial charge in [0.15, 0.2) is 0 Å². The Morgan fingerprint density at radius 1 is 1.32 bits per heavy atom. The molecule has 0 fully saturated rings. The number of nitrogens with zero attached hydrogens (tertiary/aromatic N) is 1. The lowest BCUT2D eigenvalue weighted by Gasteiger charge is -2.26. The molecule has 108 valence electrons. The molecule has 1 unspecified atom stereocenters. The number of anilines is 2. The minimum Gasteiger partial charge on any atom is -0.398 e. The highest BCUT2D eigenvalue weighted by Gasteiger charge is 2.14. The van der Waals surface area contributed by atoms with Gasteiger partial charge in [-0.1, -0.05) is 25.4 Å². The molecule has 0 spiro atoms. The molecule has 1 aromatic rings. The Labute approximate surface area is 122 Å². The van der Waals surface area contributed by atoms with Gasteiger partial charge in [0, 0.05) is 18.3 Å². The molecule has 3 nitrogen and oxygen atoms in total. The van der Waals surface area contributed by atoms with Gasteiger partial charge in [0.25, 0.3) is 0 Å². The van der Waals surface area contributed by atoms with Crippen LogP contribution in [-0.2, 0) is 0 Å². The molecule has 0 aliphatic rings. The van der Waals surface area contributed by atoms with Crippen molar-refractivity contribution in [1.29, 1.82) is 0 Å². The molecular weight excluding hydrogens is 258 g/mol. The topological polar surface area (TPSA) is 41.3 Å². The number of nitrogens with two attached hydrogens (primary N) is 1. The van der Waals surface area contributed by atoms with E-state index in [2.05, 4.69) is 45.1 Å². The summed E-state index contributed by atoms with van der Waals surface area (Å²) in [6.07, 6.45) is 1.12. The lowest BCUT2D eigenvalue weighted by molar-refractivity contribution is 0.356. The second-order valence-corrected chi connectivity index (χ2v) is 6.33. The van der Waals surface area contributed by atoms with Crippen LogP contribution >= 0.6 is 11.6 Å². The van der Waals surface area contributed by atoms with E-state index in [9.17, 15) is 0 Å². The Morgan fingerprint density at radius 2 is 1.95 bits per heavy atom. The number of likely N-dealkylation sites (N-methyl/N-ethyl adjacent to an activating group) is 1. The average Bonchev–Trinajstić information content (AvgIpc) is 2.23. The van der Waals surface area contributed by atoms with Crippen LogP contribution in [0.3, 0.4) is 0 Å². The van der Waals surface area contributed by atoms with Gasteiger partial charge in [0.2, 0.25) is 0 Å². The van der Waals surface area contributed by atoms with Gasteiger partial charge >= 0.3 is 0 Å². The number of halogens is 1. The summed E-state index contributed by atoms with van der Waals surface area (Å²) >= 11 is 6.11. The van der Waals surface area contributed by atoms with Crippen LogP contribution in [0.25, 0.3) is 0 Å². The van der Waals surface area contributed by atoms with Crippen LogP contribution in [0.4, 0.5) is 11.4 Å². The third kappa shape index (κ3) is 5.29. The highest BCUT2D eigenvalue weighted by atomic mass is 35.5. The van der Waals surface area contributed by atoms with Gasteiger partial charge < -0.3 is 16.0 Å². The molecule has 0 bridgehead atoms. The van der Waals surface area contributed by atoms with Crippen molar-refractivity contribution >= 4 is 23.0 Å². The summed E-state index contributed by atoms with van der Waals surface area (Å²) in [5.41, 5.74) is 8.66. The first kappa shape index (κ1) is 16.1. The summed E-state index contributed by atoms with van der Waals surface area (Å²) in [7, 11) is 4.19. The molecule has 4 heteroatoms. The first-order valence-corrected chi connectivity index (χ1v) is 7.14. The Kier molecular flexibility index (Phi) is 5.95. The van der Waals surface area contributed by atoms with Gasteiger partial charge in [-0.2, -0.15) is 0 Å². The second kappa shape index (κ2) is 7.01. The van der Waals surface area contributed by atoms with Crippen LogP contribution in [-0.4, -0.2) is 31.6 Å². The average molecular weight is 284 g/mol. The van der Waals surface area contributed by atoms with Crippen LogP contribution in [0.5, 0.6) is 0 Å². The smallest absolute Gasteiger partial charge is 0.0656 e. The van der Waals surface area contributed by atoms with E-state index in [1.54, 1.807) is 0 Å². The van der Waals surface area contributed by atoms with Crippen LogP contribution < -0.4 is 11.1 Å². The predicted octanol–water partition coefficient (Wildman–Crippen LogP) is 3.62. The summed E-state index contributed by atoms with van der Waals surface area (Å²) in [5.74, 6) is 0.655. The van der Waals surface area contributed by atoms with Crippen LogP contribution in [0.15, 0.2) is 12.1 Å². The van der Waals surface area contributed by atoms with E-state index in [-0.39, 0.29) is 0 Å². The van der Waals surface area contributed by atoms with Gasteiger partial charge in [-0.25, -0.2) is 0 Å². The quantitative estimate of drug-likeness (QED) is 0.784. The predicted molar refractivity (Wildman–Crippen MR) is 86.0 cm³/mol. The van der Waals surface area contributed by atoms with Crippen molar-refractivity contribution in [3.05, 3.63) is 22.7 Å². The molecule has 1 aromatic carbocycles. The largest absolute Gasteiger partial charge is 0.398 e. The molecule has 0 aromatic heterocycles. The number of hydrogen-bond acceptors (Lipinski definition) is 3. The lowest BCUT2D eigenvalue weighted by Crippen LogP contribution is -2.33. The molecule has 1 atom stereocenters.